The fraction of sp³-hybridized carbons (Fsp3) is 0.250. The molecule has 0 amide bonds. The molecule has 0 radical (unpaired) electrons. The molecule has 0 fully saturated rings. The third kappa shape index (κ3) is 3.03. The standard InChI is InChI=1S/C16H17N3O2/c1-12(13-6-4-3-5-7-13)19(2)10-15-17-16(18-21-15)14-8-9-20-11-14/h3-9,11-12H,10H2,1-2H3. The maximum Gasteiger partial charge on any atom is 0.241 e. The van der Waals surface area contributed by atoms with Gasteiger partial charge in [-0.05, 0) is 25.6 Å². The summed E-state index contributed by atoms with van der Waals surface area (Å²) < 4.78 is 10.3. The molecule has 0 aliphatic carbocycles. The van der Waals surface area contributed by atoms with E-state index in [1.165, 1.54) is 5.56 Å². The first-order valence-electron chi connectivity index (χ1n) is 6.84. The van der Waals surface area contributed by atoms with Crippen LogP contribution in [0.25, 0.3) is 11.4 Å². The van der Waals surface area contributed by atoms with Crippen molar-refractivity contribution >= 4 is 0 Å². The summed E-state index contributed by atoms with van der Waals surface area (Å²) >= 11 is 0. The van der Waals surface area contributed by atoms with Crippen LogP contribution in [0.15, 0.2) is 57.9 Å². The summed E-state index contributed by atoms with van der Waals surface area (Å²) in [7, 11) is 2.04. The van der Waals surface area contributed by atoms with Crippen molar-refractivity contribution in [2.45, 2.75) is 19.5 Å². The van der Waals surface area contributed by atoms with Crippen LogP contribution in [-0.4, -0.2) is 22.1 Å². The van der Waals surface area contributed by atoms with Crippen molar-refractivity contribution in [2.24, 2.45) is 0 Å². The Morgan fingerprint density at radius 3 is 2.71 bits per heavy atom. The molecule has 1 unspecified atom stereocenters. The molecule has 3 aromatic rings. The molecule has 0 saturated heterocycles. The SMILES string of the molecule is CC(c1ccccc1)N(C)Cc1nc(-c2ccoc2)no1. The maximum absolute atomic E-state index is 5.30. The first-order chi connectivity index (χ1) is 10.2. The van der Waals surface area contributed by atoms with E-state index in [0.717, 1.165) is 5.56 Å². The molecule has 0 spiro atoms. The predicted octanol–water partition coefficient (Wildman–Crippen LogP) is 3.52. The highest BCUT2D eigenvalue weighted by Crippen LogP contribution is 2.21. The van der Waals surface area contributed by atoms with Crippen molar-refractivity contribution in [1.29, 1.82) is 0 Å². The highest BCUT2D eigenvalue weighted by molar-refractivity contribution is 5.51. The smallest absolute Gasteiger partial charge is 0.241 e. The Balaban J connectivity index is 1.69. The number of rotatable bonds is 5. The van der Waals surface area contributed by atoms with E-state index < -0.39 is 0 Å². The van der Waals surface area contributed by atoms with Crippen LogP contribution in [0.3, 0.4) is 0 Å². The quantitative estimate of drug-likeness (QED) is 0.717. The second-order valence-electron chi connectivity index (χ2n) is 5.03. The van der Waals surface area contributed by atoms with Gasteiger partial charge in [-0.25, -0.2) is 0 Å². The summed E-state index contributed by atoms with van der Waals surface area (Å²) in [5, 5.41) is 3.97. The monoisotopic (exact) mass is 283 g/mol. The van der Waals surface area contributed by atoms with E-state index in [2.05, 4.69) is 34.1 Å². The van der Waals surface area contributed by atoms with Gasteiger partial charge in [-0.1, -0.05) is 35.5 Å². The van der Waals surface area contributed by atoms with Crippen LogP contribution in [-0.2, 0) is 6.54 Å². The van der Waals surface area contributed by atoms with Gasteiger partial charge in [0.25, 0.3) is 0 Å². The molecule has 0 bridgehead atoms. The van der Waals surface area contributed by atoms with Crippen molar-refractivity contribution in [3.63, 3.8) is 0 Å². The van der Waals surface area contributed by atoms with Gasteiger partial charge < -0.3 is 8.94 Å². The fourth-order valence-corrected chi connectivity index (χ4v) is 2.16. The van der Waals surface area contributed by atoms with E-state index in [0.29, 0.717) is 18.3 Å². The minimum atomic E-state index is 0.274. The van der Waals surface area contributed by atoms with E-state index in [-0.39, 0.29) is 6.04 Å². The van der Waals surface area contributed by atoms with Crippen molar-refractivity contribution < 1.29 is 8.94 Å². The van der Waals surface area contributed by atoms with E-state index >= 15 is 0 Å². The van der Waals surface area contributed by atoms with Crippen LogP contribution in [0, 0.1) is 0 Å². The fourth-order valence-electron chi connectivity index (χ4n) is 2.16. The molecule has 5 nitrogen and oxygen atoms in total. The number of hydrogen-bond donors (Lipinski definition) is 0. The lowest BCUT2D eigenvalue weighted by Crippen LogP contribution is -2.22. The Hall–Kier alpha value is -2.40. The number of benzene rings is 1. The summed E-state index contributed by atoms with van der Waals surface area (Å²) in [5.74, 6) is 1.15. The Labute approximate surface area is 123 Å². The van der Waals surface area contributed by atoms with Gasteiger partial charge in [-0.15, -0.1) is 0 Å². The van der Waals surface area contributed by atoms with E-state index in [4.69, 9.17) is 8.94 Å². The van der Waals surface area contributed by atoms with Crippen molar-refractivity contribution in [2.75, 3.05) is 7.05 Å². The lowest BCUT2D eigenvalue weighted by Gasteiger charge is -2.23. The van der Waals surface area contributed by atoms with Gasteiger partial charge in [0, 0.05) is 6.04 Å². The molecule has 5 heteroatoms. The third-order valence-corrected chi connectivity index (χ3v) is 3.58. The average Bonchev–Trinajstić information content (AvgIpc) is 3.18. The lowest BCUT2D eigenvalue weighted by molar-refractivity contribution is 0.216. The zero-order valence-corrected chi connectivity index (χ0v) is 12.1. The molecule has 2 heterocycles. The number of nitrogens with zero attached hydrogens (tertiary/aromatic N) is 3. The van der Waals surface area contributed by atoms with Crippen LogP contribution in [0.2, 0.25) is 0 Å². The predicted molar refractivity (Wildman–Crippen MR) is 78.3 cm³/mol. The van der Waals surface area contributed by atoms with Crippen LogP contribution < -0.4 is 0 Å². The highest BCUT2D eigenvalue weighted by Gasteiger charge is 2.16. The summed E-state index contributed by atoms with van der Waals surface area (Å²) in [6, 6.07) is 12.4. The summed E-state index contributed by atoms with van der Waals surface area (Å²) in [4.78, 5) is 6.56. The Bertz CT molecular complexity index is 677. The Kier molecular flexibility index (Phi) is 3.83. The van der Waals surface area contributed by atoms with Gasteiger partial charge in [0.1, 0.15) is 6.26 Å². The van der Waals surface area contributed by atoms with Crippen LogP contribution >= 0.6 is 0 Å². The summed E-state index contributed by atoms with van der Waals surface area (Å²) in [6.07, 6.45) is 3.19. The maximum atomic E-state index is 5.30. The van der Waals surface area contributed by atoms with E-state index in [1.807, 2.05) is 31.3 Å². The van der Waals surface area contributed by atoms with Gasteiger partial charge >= 0.3 is 0 Å². The lowest BCUT2D eigenvalue weighted by atomic mass is 10.1. The van der Waals surface area contributed by atoms with Gasteiger partial charge in [0.2, 0.25) is 11.7 Å². The molecule has 1 aromatic carbocycles. The topological polar surface area (TPSA) is 55.3 Å². The third-order valence-electron chi connectivity index (χ3n) is 3.58. The zero-order valence-electron chi connectivity index (χ0n) is 12.1. The molecule has 21 heavy (non-hydrogen) atoms. The van der Waals surface area contributed by atoms with E-state index in [1.54, 1.807) is 12.5 Å². The van der Waals surface area contributed by atoms with Crippen molar-refractivity contribution in [3.05, 3.63) is 60.4 Å². The van der Waals surface area contributed by atoms with Crippen molar-refractivity contribution in [3.8, 4) is 11.4 Å². The highest BCUT2D eigenvalue weighted by atomic mass is 16.5. The normalized spacial score (nSPS) is 12.7. The first-order valence-corrected chi connectivity index (χ1v) is 6.84. The Morgan fingerprint density at radius 1 is 1.19 bits per heavy atom. The minimum Gasteiger partial charge on any atom is -0.472 e. The molecule has 3 rings (SSSR count). The second-order valence-corrected chi connectivity index (χ2v) is 5.03. The van der Waals surface area contributed by atoms with Crippen molar-refractivity contribution in [1.82, 2.24) is 15.0 Å². The van der Waals surface area contributed by atoms with Gasteiger partial charge in [0.05, 0.1) is 18.4 Å². The average molecular weight is 283 g/mol. The number of furan rings is 1. The molecule has 1 atom stereocenters. The molecule has 0 saturated carbocycles. The Morgan fingerprint density at radius 2 is 2.00 bits per heavy atom. The van der Waals surface area contributed by atoms with Gasteiger partial charge in [-0.2, -0.15) is 4.98 Å². The largest absolute Gasteiger partial charge is 0.472 e. The zero-order chi connectivity index (χ0) is 14.7. The molecule has 0 aliphatic rings. The van der Waals surface area contributed by atoms with Gasteiger partial charge in [0.15, 0.2) is 0 Å². The summed E-state index contributed by atoms with van der Waals surface area (Å²) in [5.41, 5.74) is 2.08. The molecule has 108 valence electrons. The number of hydrogen-bond acceptors (Lipinski definition) is 5. The van der Waals surface area contributed by atoms with Crippen LogP contribution in [0.5, 0.6) is 0 Å². The molecule has 0 aliphatic heterocycles. The molecular weight excluding hydrogens is 266 g/mol. The van der Waals surface area contributed by atoms with Crippen LogP contribution in [0.4, 0.5) is 0 Å². The molecule has 2 aromatic heterocycles. The van der Waals surface area contributed by atoms with E-state index in [9.17, 15) is 0 Å². The number of aromatic nitrogens is 2. The molecule has 0 N–H and O–H groups in total. The van der Waals surface area contributed by atoms with Crippen LogP contribution in [0.1, 0.15) is 24.4 Å². The second kappa shape index (κ2) is 5.93. The first kappa shape index (κ1) is 13.6. The minimum absolute atomic E-state index is 0.274. The molecular formula is C16H17N3O2. The van der Waals surface area contributed by atoms with Gasteiger partial charge in [-0.3, -0.25) is 4.90 Å². The summed E-state index contributed by atoms with van der Waals surface area (Å²) in [6.45, 7) is 2.75.